The fourth-order valence-corrected chi connectivity index (χ4v) is 6.83. The van der Waals surface area contributed by atoms with Gasteiger partial charge in [-0.15, -0.1) is 11.8 Å². The first kappa shape index (κ1) is 20.9. The minimum atomic E-state index is -3.60. The Bertz CT molecular complexity index is 995. The molecule has 1 fully saturated rings. The van der Waals surface area contributed by atoms with Gasteiger partial charge in [0.1, 0.15) is 0 Å². The number of nitrogens with one attached hydrogen (secondary N) is 1. The average molecular weight is 495 g/mol. The lowest BCUT2D eigenvalue weighted by Crippen LogP contribution is -2.46. The summed E-state index contributed by atoms with van der Waals surface area (Å²) in [5, 5.41) is 3.18. The summed E-state index contributed by atoms with van der Waals surface area (Å²) >= 11 is 5.15. The number of benzene rings is 2. The van der Waals surface area contributed by atoms with Gasteiger partial charge < -0.3 is 5.32 Å². The van der Waals surface area contributed by atoms with E-state index in [1.54, 1.807) is 24.3 Å². The lowest BCUT2D eigenvalue weighted by molar-refractivity contribution is -0.126. The Morgan fingerprint density at radius 1 is 1.10 bits per heavy atom. The summed E-state index contributed by atoms with van der Waals surface area (Å²) in [5.41, 5.74) is 1.16. The quantitative estimate of drug-likeness (QED) is 0.691. The van der Waals surface area contributed by atoms with Gasteiger partial charge in [0.25, 0.3) is 0 Å². The second-order valence-corrected chi connectivity index (χ2v) is 11.4. The molecule has 0 radical (unpaired) electrons. The van der Waals surface area contributed by atoms with Crippen LogP contribution in [0.1, 0.15) is 30.9 Å². The van der Waals surface area contributed by atoms with E-state index in [0.29, 0.717) is 19.4 Å². The number of rotatable bonds is 4. The van der Waals surface area contributed by atoms with Gasteiger partial charge in [-0.05, 0) is 55.2 Å². The second-order valence-electron chi connectivity index (χ2n) is 7.39. The number of halogens is 1. The van der Waals surface area contributed by atoms with Crippen LogP contribution in [0.15, 0.2) is 62.8 Å². The van der Waals surface area contributed by atoms with Crippen molar-refractivity contribution < 1.29 is 13.2 Å². The third-order valence-corrected chi connectivity index (χ3v) is 9.01. The van der Waals surface area contributed by atoms with Crippen LogP contribution in [0.3, 0.4) is 0 Å². The van der Waals surface area contributed by atoms with Crippen molar-refractivity contribution in [1.82, 2.24) is 9.62 Å². The summed E-state index contributed by atoms with van der Waals surface area (Å²) in [6.07, 6.45) is 2.29. The van der Waals surface area contributed by atoms with E-state index in [4.69, 9.17) is 0 Å². The summed E-state index contributed by atoms with van der Waals surface area (Å²) in [4.78, 5) is 14.5. The number of hydrogen-bond donors (Lipinski definition) is 1. The van der Waals surface area contributed by atoms with Crippen LogP contribution in [0.2, 0.25) is 0 Å². The topological polar surface area (TPSA) is 66.5 Å². The molecule has 2 aromatic rings. The molecular formula is C21H23BrN2O3S2. The van der Waals surface area contributed by atoms with Crippen molar-refractivity contribution in [1.29, 1.82) is 0 Å². The highest BCUT2D eigenvalue weighted by molar-refractivity contribution is 9.10. The number of fused-ring (bicyclic) bond motifs is 1. The SMILES string of the molecule is O=C(NC1CCSc2ccccc21)C1CCCN(S(=O)(=O)c2ccc(Br)cc2)C1. The van der Waals surface area contributed by atoms with E-state index in [1.807, 2.05) is 23.9 Å². The Hall–Kier alpha value is -1.35. The molecule has 8 heteroatoms. The molecule has 154 valence electrons. The summed E-state index contributed by atoms with van der Waals surface area (Å²) in [7, 11) is -3.60. The van der Waals surface area contributed by atoms with Crippen LogP contribution in [0.25, 0.3) is 0 Å². The van der Waals surface area contributed by atoms with Crippen molar-refractivity contribution in [3.05, 3.63) is 58.6 Å². The number of nitrogens with zero attached hydrogens (tertiary/aromatic N) is 1. The van der Waals surface area contributed by atoms with Crippen LogP contribution in [-0.2, 0) is 14.8 Å². The van der Waals surface area contributed by atoms with E-state index in [9.17, 15) is 13.2 Å². The van der Waals surface area contributed by atoms with Crippen LogP contribution in [-0.4, -0.2) is 37.5 Å². The Balaban J connectivity index is 1.46. The second kappa shape index (κ2) is 8.79. The molecule has 0 bridgehead atoms. The molecular weight excluding hydrogens is 472 g/mol. The van der Waals surface area contributed by atoms with Crippen LogP contribution < -0.4 is 5.32 Å². The van der Waals surface area contributed by atoms with Gasteiger partial charge in [-0.1, -0.05) is 34.1 Å². The normalized spacial score (nSPS) is 22.7. The van der Waals surface area contributed by atoms with Gasteiger partial charge >= 0.3 is 0 Å². The van der Waals surface area contributed by atoms with E-state index in [0.717, 1.165) is 22.2 Å². The van der Waals surface area contributed by atoms with Gasteiger partial charge in [0, 0.05) is 28.2 Å². The fraction of sp³-hybridized carbons (Fsp3) is 0.381. The lowest BCUT2D eigenvalue weighted by atomic mass is 9.97. The number of carbonyl (C=O) groups is 1. The molecule has 1 amide bonds. The van der Waals surface area contributed by atoms with E-state index in [1.165, 1.54) is 9.20 Å². The number of amides is 1. The molecule has 2 heterocycles. The van der Waals surface area contributed by atoms with Gasteiger partial charge in [-0.3, -0.25) is 4.79 Å². The number of sulfonamides is 1. The Morgan fingerprint density at radius 2 is 1.86 bits per heavy atom. The number of carbonyl (C=O) groups excluding carboxylic acids is 1. The molecule has 0 aliphatic carbocycles. The highest BCUT2D eigenvalue weighted by Crippen LogP contribution is 2.36. The van der Waals surface area contributed by atoms with Gasteiger partial charge in [0.15, 0.2) is 0 Å². The maximum Gasteiger partial charge on any atom is 0.243 e. The highest BCUT2D eigenvalue weighted by Gasteiger charge is 2.34. The smallest absolute Gasteiger partial charge is 0.243 e. The third-order valence-electron chi connectivity index (χ3n) is 5.48. The molecule has 2 aromatic carbocycles. The minimum absolute atomic E-state index is 0.00147. The molecule has 1 N–H and O–H groups in total. The largest absolute Gasteiger partial charge is 0.349 e. The molecule has 0 aromatic heterocycles. The van der Waals surface area contributed by atoms with Crippen molar-refractivity contribution in [2.24, 2.45) is 5.92 Å². The molecule has 0 saturated carbocycles. The molecule has 1 saturated heterocycles. The Morgan fingerprint density at radius 3 is 2.66 bits per heavy atom. The zero-order valence-electron chi connectivity index (χ0n) is 15.9. The van der Waals surface area contributed by atoms with Gasteiger partial charge in [-0.2, -0.15) is 4.31 Å². The highest BCUT2D eigenvalue weighted by atomic mass is 79.9. The molecule has 2 aliphatic rings. The molecule has 0 spiro atoms. The number of thioether (sulfide) groups is 1. The first-order chi connectivity index (χ1) is 13.9. The van der Waals surface area contributed by atoms with E-state index in [2.05, 4.69) is 33.4 Å². The summed E-state index contributed by atoms with van der Waals surface area (Å²) in [6, 6.07) is 14.8. The van der Waals surface area contributed by atoms with Crippen molar-refractivity contribution in [3.63, 3.8) is 0 Å². The Kier molecular flexibility index (Phi) is 6.34. The molecule has 2 unspecified atom stereocenters. The van der Waals surface area contributed by atoms with Crippen LogP contribution in [0.4, 0.5) is 0 Å². The van der Waals surface area contributed by atoms with Gasteiger partial charge in [-0.25, -0.2) is 8.42 Å². The van der Waals surface area contributed by atoms with Crippen molar-refractivity contribution in [2.45, 2.75) is 35.1 Å². The molecule has 2 atom stereocenters. The monoisotopic (exact) mass is 494 g/mol. The predicted octanol–water partition coefficient (Wildman–Crippen LogP) is 4.20. The van der Waals surface area contributed by atoms with Crippen LogP contribution >= 0.6 is 27.7 Å². The third kappa shape index (κ3) is 4.55. The molecule has 4 rings (SSSR count). The summed E-state index contributed by atoms with van der Waals surface area (Å²) in [5.74, 6) is 0.597. The van der Waals surface area contributed by atoms with E-state index >= 15 is 0 Å². The maximum atomic E-state index is 13.0. The zero-order valence-corrected chi connectivity index (χ0v) is 19.1. The van der Waals surface area contributed by atoms with Gasteiger partial charge in [0.05, 0.1) is 16.9 Å². The van der Waals surface area contributed by atoms with Crippen LogP contribution in [0.5, 0.6) is 0 Å². The summed E-state index contributed by atoms with van der Waals surface area (Å²) in [6.45, 7) is 0.679. The zero-order chi connectivity index (χ0) is 20.4. The lowest BCUT2D eigenvalue weighted by Gasteiger charge is -2.33. The first-order valence-electron chi connectivity index (χ1n) is 9.73. The van der Waals surface area contributed by atoms with Gasteiger partial charge in [0.2, 0.25) is 15.9 Å². The molecule has 2 aliphatic heterocycles. The van der Waals surface area contributed by atoms with Crippen LogP contribution in [0, 0.1) is 5.92 Å². The average Bonchev–Trinajstić information content (AvgIpc) is 2.74. The molecule has 5 nitrogen and oxygen atoms in total. The number of hydrogen-bond acceptors (Lipinski definition) is 4. The Labute approximate surface area is 184 Å². The van der Waals surface area contributed by atoms with Crippen molar-refractivity contribution >= 4 is 43.6 Å². The maximum absolute atomic E-state index is 13.0. The minimum Gasteiger partial charge on any atom is -0.349 e. The molecule has 29 heavy (non-hydrogen) atoms. The van der Waals surface area contributed by atoms with Crippen molar-refractivity contribution in [2.75, 3.05) is 18.8 Å². The number of piperidine rings is 1. The predicted molar refractivity (Wildman–Crippen MR) is 118 cm³/mol. The first-order valence-corrected chi connectivity index (χ1v) is 12.9. The van der Waals surface area contributed by atoms with Crippen molar-refractivity contribution in [3.8, 4) is 0 Å². The van der Waals surface area contributed by atoms with E-state index in [-0.39, 0.29) is 29.3 Å². The van der Waals surface area contributed by atoms with E-state index < -0.39 is 10.0 Å². The fourth-order valence-electron chi connectivity index (χ4n) is 3.91. The standard InChI is InChI=1S/C21H23BrN2O3S2/c22-16-7-9-17(10-8-16)29(26,27)24-12-3-4-15(14-24)21(25)23-19-11-13-28-20-6-2-1-5-18(19)20/h1-2,5-10,15,19H,3-4,11-14H2,(H,23,25). The summed E-state index contributed by atoms with van der Waals surface area (Å²) < 4.78 is 28.3.